The van der Waals surface area contributed by atoms with Crippen molar-refractivity contribution in [3.8, 4) is 0 Å². The van der Waals surface area contributed by atoms with Crippen LogP contribution >= 0.6 is 0 Å². The lowest BCUT2D eigenvalue weighted by atomic mass is 10.1. The Labute approximate surface area is 160 Å². The molecular formula is C20H25N3O3S. The molecule has 6 nitrogen and oxygen atoms in total. The van der Waals surface area contributed by atoms with E-state index in [0.29, 0.717) is 12.2 Å². The Balaban J connectivity index is 1.57. The van der Waals surface area contributed by atoms with Gasteiger partial charge in [0.15, 0.2) is 0 Å². The largest absolute Gasteiger partial charge is 0.371 e. The summed E-state index contributed by atoms with van der Waals surface area (Å²) in [7, 11) is -3.56. The van der Waals surface area contributed by atoms with Gasteiger partial charge in [-0.2, -0.15) is 0 Å². The second kappa shape index (κ2) is 8.10. The van der Waals surface area contributed by atoms with E-state index in [1.165, 1.54) is 30.3 Å². The highest BCUT2D eigenvalue weighted by molar-refractivity contribution is 7.89. The van der Waals surface area contributed by atoms with E-state index in [9.17, 15) is 13.2 Å². The van der Waals surface area contributed by atoms with Crippen molar-refractivity contribution in [2.45, 2.75) is 25.2 Å². The van der Waals surface area contributed by atoms with Gasteiger partial charge in [0.1, 0.15) is 0 Å². The molecule has 1 atom stereocenters. The van der Waals surface area contributed by atoms with Crippen molar-refractivity contribution in [2.75, 3.05) is 29.9 Å². The van der Waals surface area contributed by atoms with Gasteiger partial charge < -0.3 is 10.2 Å². The van der Waals surface area contributed by atoms with Crippen LogP contribution in [0.15, 0.2) is 53.4 Å². The van der Waals surface area contributed by atoms with E-state index >= 15 is 0 Å². The van der Waals surface area contributed by atoms with Gasteiger partial charge in [-0.1, -0.05) is 12.1 Å². The first kappa shape index (κ1) is 19.4. The Morgan fingerprint density at radius 2 is 1.93 bits per heavy atom. The molecule has 2 N–H and O–H groups in total. The van der Waals surface area contributed by atoms with Crippen LogP contribution in [0.4, 0.5) is 11.4 Å². The number of hydrogen-bond donors (Lipinski definition) is 2. The van der Waals surface area contributed by atoms with Crippen molar-refractivity contribution in [2.24, 2.45) is 5.92 Å². The van der Waals surface area contributed by atoms with Crippen molar-refractivity contribution >= 4 is 27.3 Å². The van der Waals surface area contributed by atoms with Crippen LogP contribution in [0.25, 0.3) is 0 Å². The van der Waals surface area contributed by atoms with Crippen LogP contribution in [0.3, 0.4) is 0 Å². The van der Waals surface area contributed by atoms with Crippen molar-refractivity contribution in [1.29, 1.82) is 0 Å². The predicted octanol–water partition coefficient (Wildman–Crippen LogP) is 2.76. The third kappa shape index (κ3) is 5.08. The molecule has 1 unspecified atom stereocenters. The zero-order valence-electron chi connectivity index (χ0n) is 15.6. The standard InChI is InChI=1S/C20H25N3O3S/c1-15-4-3-5-19(12-15)23-11-10-17(14-23)13-21-27(25,26)20-8-6-18(7-9-20)22-16(2)24/h3-9,12,17,21H,10-11,13-14H2,1-2H3,(H,22,24). The number of amides is 1. The van der Waals surface area contributed by atoms with Crippen LogP contribution in [0.2, 0.25) is 0 Å². The average molecular weight is 388 g/mol. The number of benzene rings is 2. The quantitative estimate of drug-likeness (QED) is 0.799. The number of carbonyl (C=O) groups is 1. The lowest BCUT2D eigenvalue weighted by molar-refractivity contribution is -0.114. The first-order chi connectivity index (χ1) is 12.8. The Morgan fingerprint density at radius 1 is 1.19 bits per heavy atom. The Hall–Kier alpha value is -2.38. The molecule has 2 aromatic carbocycles. The van der Waals surface area contributed by atoms with Crippen LogP contribution in [0.1, 0.15) is 18.9 Å². The van der Waals surface area contributed by atoms with E-state index < -0.39 is 10.0 Å². The van der Waals surface area contributed by atoms with Gasteiger partial charge >= 0.3 is 0 Å². The number of sulfonamides is 1. The first-order valence-electron chi connectivity index (χ1n) is 9.02. The Bertz CT molecular complexity index is 910. The van der Waals surface area contributed by atoms with Crippen LogP contribution in [0.5, 0.6) is 0 Å². The van der Waals surface area contributed by atoms with Crippen LogP contribution < -0.4 is 14.9 Å². The van der Waals surface area contributed by atoms with E-state index in [1.807, 2.05) is 6.07 Å². The number of rotatable bonds is 6. The lowest BCUT2D eigenvalue weighted by Crippen LogP contribution is -2.31. The fourth-order valence-corrected chi connectivity index (χ4v) is 4.41. The van der Waals surface area contributed by atoms with Gasteiger partial charge in [0.05, 0.1) is 4.90 Å². The Morgan fingerprint density at radius 3 is 2.59 bits per heavy atom. The highest BCUT2D eigenvalue weighted by Crippen LogP contribution is 2.24. The van der Waals surface area contributed by atoms with Gasteiger partial charge in [0.25, 0.3) is 0 Å². The minimum Gasteiger partial charge on any atom is -0.371 e. The van der Waals surface area contributed by atoms with Gasteiger partial charge in [-0.25, -0.2) is 13.1 Å². The molecule has 0 saturated carbocycles. The lowest BCUT2D eigenvalue weighted by Gasteiger charge is -2.19. The highest BCUT2D eigenvalue weighted by Gasteiger charge is 2.24. The number of carbonyl (C=O) groups excluding carboxylic acids is 1. The summed E-state index contributed by atoms with van der Waals surface area (Å²) in [6.45, 7) is 5.67. The highest BCUT2D eigenvalue weighted by atomic mass is 32.2. The third-order valence-corrected chi connectivity index (χ3v) is 6.14. The van der Waals surface area contributed by atoms with Crippen molar-refractivity contribution in [1.82, 2.24) is 4.72 Å². The monoisotopic (exact) mass is 387 g/mol. The molecule has 1 amide bonds. The molecule has 1 fully saturated rings. The molecule has 144 valence electrons. The number of aryl methyl sites for hydroxylation is 1. The summed E-state index contributed by atoms with van der Waals surface area (Å²) < 4.78 is 27.7. The van der Waals surface area contributed by atoms with Crippen molar-refractivity contribution in [3.05, 3.63) is 54.1 Å². The number of nitrogens with zero attached hydrogens (tertiary/aromatic N) is 1. The summed E-state index contributed by atoms with van der Waals surface area (Å²) >= 11 is 0. The fraction of sp³-hybridized carbons (Fsp3) is 0.350. The normalized spacial score (nSPS) is 17.1. The SMILES string of the molecule is CC(=O)Nc1ccc(S(=O)(=O)NCC2CCN(c3cccc(C)c3)C2)cc1. The maximum atomic E-state index is 12.5. The van der Waals surface area contributed by atoms with Gasteiger partial charge in [-0.05, 0) is 61.2 Å². The summed E-state index contributed by atoms with van der Waals surface area (Å²) in [5, 5.41) is 2.62. The van der Waals surface area contributed by atoms with E-state index in [1.54, 1.807) is 12.1 Å². The minimum absolute atomic E-state index is 0.192. The number of anilines is 2. The molecule has 2 aromatic rings. The molecule has 7 heteroatoms. The molecule has 27 heavy (non-hydrogen) atoms. The van der Waals surface area contributed by atoms with Crippen LogP contribution in [0, 0.1) is 12.8 Å². The predicted molar refractivity (Wildman–Crippen MR) is 107 cm³/mol. The molecule has 0 aromatic heterocycles. The van der Waals surface area contributed by atoms with E-state index in [-0.39, 0.29) is 16.7 Å². The van der Waals surface area contributed by atoms with Gasteiger partial charge in [-0.3, -0.25) is 4.79 Å². The molecule has 1 saturated heterocycles. The molecule has 1 aliphatic rings. The summed E-state index contributed by atoms with van der Waals surface area (Å²) in [5.41, 5.74) is 2.99. The molecule has 0 radical (unpaired) electrons. The maximum absolute atomic E-state index is 12.5. The van der Waals surface area contributed by atoms with Crippen LogP contribution in [-0.4, -0.2) is 34.0 Å². The molecule has 0 bridgehead atoms. The maximum Gasteiger partial charge on any atom is 0.240 e. The molecule has 1 aliphatic heterocycles. The third-order valence-electron chi connectivity index (χ3n) is 4.70. The molecule has 1 heterocycles. The zero-order valence-corrected chi connectivity index (χ0v) is 16.4. The molecule has 0 spiro atoms. The van der Waals surface area contributed by atoms with Gasteiger partial charge in [0, 0.05) is 37.9 Å². The van der Waals surface area contributed by atoms with E-state index in [4.69, 9.17) is 0 Å². The zero-order chi connectivity index (χ0) is 19.4. The summed E-state index contributed by atoms with van der Waals surface area (Å²) in [5.74, 6) is 0.0852. The van der Waals surface area contributed by atoms with E-state index in [2.05, 4.69) is 40.1 Å². The number of hydrogen-bond acceptors (Lipinski definition) is 4. The Kier molecular flexibility index (Phi) is 5.82. The second-order valence-corrected chi connectivity index (χ2v) is 8.76. The second-order valence-electron chi connectivity index (χ2n) is 7.00. The van der Waals surface area contributed by atoms with Gasteiger partial charge in [0.2, 0.25) is 15.9 Å². The topological polar surface area (TPSA) is 78.5 Å². The summed E-state index contributed by atoms with van der Waals surface area (Å²) in [6.07, 6.45) is 0.956. The fourth-order valence-electron chi connectivity index (χ4n) is 3.29. The van der Waals surface area contributed by atoms with Crippen LogP contribution in [-0.2, 0) is 14.8 Å². The van der Waals surface area contributed by atoms with Gasteiger partial charge in [-0.15, -0.1) is 0 Å². The number of nitrogens with one attached hydrogen (secondary N) is 2. The average Bonchev–Trinajstić information content (AvgIpc) is 3.09. The van der Waals surface area contributed by atoms with E-state index in [0.717, 1.165) is 19.5 Å². The first-order valence-corrected chi connectivity index (χ1v) is 10.5. The van der Waals surface area contributed by atoms with Crippen molar-refractivity contribution in [3.63, 3.8) is 0 Å². The molecule has 0 aliphatic carbocycles. The molecule has 3 rings (SSSR count). The molecular weight excluding hydrogens is 362 g/mol. The smallest absolute Gasteiger partial charge is 0.240 e. The summed E-state index contributed by atoms with van der Waals surface area (Å²) in [4.78, 5) is 13.5. The minimum atomic E-state index is -3.56. The summed E-state index contributed by atoms with van der Waals surface area (Å²) in [6, 6.07) is 14.5. The van der Waals surface area contributed by atoms with Crippen molar-refractivity contribution < 1.29 is 13.2 Å².